The molecule has 2 aliphatic rings. The molecule has 0 saturated heterocycles. The topological polar surface area (TPSA) is 23.5 Å². The lowest BCUT2D eigenvalue weighted by atomic mass is 9.88. The van der Waals surface area contributed by atoms with E-state index in [-0.39, 0.29) is 0 Å². The molecular weight excluding hydrogens is 198 g/mol. The normalized spacial score (nSPS) is 25.1. The summed E-state index contributed by atoms with van der Waals surface area (Å²) >= 11 is 0. The van der Waals surface area contributed by atoms with Crippen LogP contribution in [0, 0.1) is 0 Å². The van der Waals surface area contributed by atoms with Gasteiger partial charge in [0, 0.05) is 18.6 Å². The molecule has 0 amide bonds. The van der Waals surface area contributed by atoms with Gasteiger partial charge in [0.25, 0.3) is 0 Å². The average molecular weight is 225 g/mol. The minimum absolute atomic E-state index is 0.340. The first-order valence-corrected chi connectivity index (χ1v) is 7.28. The molecule has 0 unspecified atom stereocenters. The van der Waals surface area contributed by atoms with E-state index in [4.69, 9.17) is 0 Å². The van der Waals surface area contributed by atoms with Gasteiger partial charge in [0.05, 0.1) is 6.61 Å². The van der Waals surface area contributed by atoms with Crippen molar-refractivity contribution in [1.29, 1.82) is 0 Å². The zero-order valence-electron chi connectivity index (χ0n) is 10.5. The lowest BCUT2D eigenvalue weighted by Crippen LogP contribution is -2.46. The van der Waals surface area contributed by atoms with Crippen LogP contribution < -0.4 is 0 Å². The fourth-order valence-electron chi connectivity index (χ4n) is 3.60. The van der Waals surface area contributed by atoms with Gasteiger partial charge in [0.2, 0.25) is 0 Å². The predicted octanol–water partition coefficient (Wildman–Crippen LogP) is 2.95. The Morgan fingerprint density at radius 1 is 0.750 bits per heavy atom. The number of hydrogen-bond donors (Lipinski definition) is 1. The van der Waals surface area contributed by atoms with Crippen molar-refractivity contribution >= 4 is 0 Å². The minimum Gasteiger partial charge on any atom is -0.395 e. The van der Waals surface area contributed by atoms with Crippen LogP contribution in [0.15, 0.2) is 0 Å². The van der Waals surface area contributed by atoms with Gasteiger partial charge in [-0.2, -0.15) is 0 Å². The van der Waals surface area contributed by atoms with E-state index in [0.29, 0.717) is 6.61 Å². The molecule has 0 heterocycles. The molecule has 0 aromatic carbocycles. The van der Waals surface area contributed by atoms with E-state index in [1.165, 1.54) is 64.2 Å². The zero-order chi connectivity index (χ0) is 11.2. The summed E-state index contributed by atoms with van der Waals surface area (Å²) in [5.74, 6) is 0. The highest BCUT2D eigenvalue weighted by molar-refractivity contribution is 4.83. The van der Waals surface area contributed by atoms with Crippen molar-refractivity contribution in [3.05, 3.63) is 0 Å². The van der Waals surface area contributed by atoms with E-state index >= 15 is 0 Å². The van der Waals surface area contributed by atoms with Gasteiger partial charge >= 0.3 is 0 Å². The van der Waals surface area contributed by atoms with Crippen LogP contribution in [0.1, 0.15) is 64.2 Å². The van der Waals surface area contributed by atoms with Gasteiger partial charge in [0.1, 0.15) is 0 Å². The summed E-state index contributed by atoms with van der Waals surface area (Å²) in [4.78, 5) is 2.65. The lowest BCUT2D eigenvalue weighted by Gasteiger charge is -2.41. The molecule has 0 aromatic rings. The second kappa shape index (κ2) is 6.61. The summed E-state index contributed by atoms with van der Waals surface area (Å²) in [6.07, 6.45) is 13.9. The third-order valence-corrected chi connectivity index (χ3v) is 4.45. The molecule has 0 aromatic heterocycles. The third-order valence-electron chi connectivity index (χ3n) is 4.45. The van der Waals surface area contributed by atoms with Crippen LogP contribution in [0.5, 0.6) is 0 Å². The molecule has 2 nitrogen and oxygen atoms in total. The molecule has 0 radical (unpaired) electrons. The van der Waals surface area contributed by atoms with Gasteiger partial charge in [-0.25, -0.2) is 0 Å². The Morgan fingerprint density at radius 2 is 1.19 bits per heavy atom. The molecule has 0 aliphatic heterocycles. The van der Waals surface area contributed by atoms with Crippen molar-refractivity contribution in [2.75, 3.05) is 13.2 Å². The maximum Gasteiger partial charge on any atom is 0.0558 e. The van der Waals surface area contributed by atoms with Crippen LogP contribution >= 0.6 is 0 Å². The molecule has 94 valence electrons. The minimum atomic E-state index is 0.340. The number of rotatable bonds is 4. The smallest absolute Gasteiger partial charge is 0.0558 e. The van der Waals surface area contributed by atoms with Crippen LogP contribution in [0.2, 0.25) is 0 Å². The molecule has 2 rings (SSSR count). The van der Waals surface area contributed by atoms with Crippen LogP contribution in [0.3, 0.4) is 0 Å². The second-order valence-electron chi connectivity index (χ2n) is 5.55. The van der Waals surface area contributed by atoms with Gasteiger partial charge in [-0.15, -0.1) is 0 Å². The Balaban J connectivity index is 1.91. The first-order valence-electron chi connectivity index (χ1n) is 7.28. The predicted molar refractivity (Wildman–Crippen MR) is 67.5 cm³/mol. The molecule has 2 aliphatic carbocycles. The van der Waals surface area contributed by atoms with Crippen LogP contribution in [-0.4, -0.2) is 35.2 Å². The molecule has 2 saturated carbocycles. The highest BCUT2D eigenvalue weighted by Crippen LogP contribution is 2.29. The summed E-state index contributed by atoms with van der Waals surface area (Å²) in [5, 5.41) is 9.26. The number of aliphatic hydroxyl groups excluding tert-OH is 1. The molecule has 0 atom stereocenters. The fourth-order valence-corrected chi connectivity index (χ4v) is 3.60. The van der Waals surface area contributed by atoms with E-state index < -0.39 is 0 Å². The van der Waals surface area contributed by atoms with Crippen LogP contribution in [0.4, 0.5) is 0 Å². The van der Waals surface area contributed by atoms with Crippen molar-refractivity contribution in [2.24, 2.45) is 0 Å². The van der Waals surface area contributed by atoms with Crippen LogP contribution in [0.25, 0.3) is 0 Å². The Bertz CT molecular complexity index is 165. The third kappa shape index (κ3) is 3.21. The quantitative estimate of drug-likeness (QED) is 0.795. The Hall–Kier alpha value is -0.0800. The van der Waals surface area contributed by atoms with Gasteiger partial charge in [-0.05, 0) is 25.7 Å². The molecule has 1 N–H and O–H groups in total. The van der Waals surface area contributed by atoms with Crippen molar-refractivity contribution < 1.29 is 5.11 Å². The summed E-state index contributed by atoms with van der Waals surface area (Å²) in [6.45, 7) is 1.25. The molecule has 2 fully saturated rings. The Labute approximate surface area is 100 Å². The van der Waals surface area contributed by atoms with E-state index in [9.17, 15) is 5.11 Å². The van der Waals surface area contributed by atoms with Crippen molar-refractivity contribution in [1.82, 2.24) is 4.90 Å². The first kappa shape index (κ1) is 12.4. The maximum atomic E-state index is 9.26. The molecule has 16 heavy (non-hydrogen) atoms. The lowest BCUT2D eigenvalue weighted by molar-refractivity contribution is 0.0621. The Morgan fingerprint density at radius 3 is 1.56 bits per heavy atom. The van der Waals surface area contributed by atoms with Crippen molar-refractivity contribution in [2.45, 2.75) is 76.3 Å². The molecule has 0 bridgehead atoms. The average Bonchev–Trinajstić information content (AvgIpc) is 2.38. The van der Waals surface area contributed by atoms with Gasteiger partial charge in [0.15, 0.2) is 0 Å². The van der Waals surface area contributed by atoms with E-state index in [0.717, 1.165) is 18.6 Å². The number of nitrogens with zero attached hydrogens (tertiary/aromatic N) is 1. The second-order valence-corrected chi connectivity index (χ2v) is 5.55. The summed E-state index contributed by atoms with van der Waals surface area (Å²) < 4.78 is 0. The molecular formula is C14H27NO. The zero-order valence-corrected chi connectivity index (χ0v) is 10.5. The van der Waals surface area contributed by atoms with E-state index in [1.54, 1.807) is 0 Å². The summed E-state index contributed by atoms with van der Waals surface area (Å²) in [6, 6.07) is 1.56. The van der Waals surface area contributed by atoms with E-state index in [2.05, 4.69) is 4.90 Å². The van der Waals surface area contributed by atoms with Crippen LogP contribution in [-0.2, 0) is 0 Å². The Kier molecular flexibility index (Phi) is 5.11. The van der Waals surface area contributed by atoms with Gasteiger partial charge in [-0.3, -0.25) is 4.90 Å². The maximum absolute atomic E-state index is 9.26. The fraction of sp³-hybridized carbons (Fsp3) is 1.00. The van der Waals surface area contributed by atoms with Crippen molar-refractivity contribution in [3.8, 4) is 0 Å². The summed E-state index contributed by atoms with van der Waals surface area (Å²) in [7, 11) is 0. The van der Waals surface area contributed by atoms with Gasteiger partial charge in [-0.1, -0.05) is 38.5 Å². The largest absolute Gasteiger partial charge is 0.395 e. The monoisotopic (exact) mass is 225 g/mol. The molecule has 2 heteroatoms. The summed E-state index contributed by atoms with van der Waals surface area (Å²) in [5.41, 5.74) is 0. The SMILES string of the molecule is OCCN(C1CCCCC1)C1CCCCC1. The van der Waals surface area contributed by atoms with E-state index in [1.807, 2.05) is 0 Å². The molecule has 0 spiro atoms. The number of hydrogen-bond acceptors (Lipinski definition) is 2. The number of aliphatic hydroxyl groups is 1. The highest BCUT2D eigenvalue weighted by Gasteiger charge is 2.27. The first-order chi connectivity index (χ1) is 7.92. The highest BCUT2D eigenvalue weighted by atomic mass is 16.3. The van der Waals surface area contributed by atoms with Gasteiger partial charge < -0.3 is 5.11 Å². The van der Waals surface area contributed by atoms with Crippen molar-refractivity contribution in [3.63, 3.8) is 0 Å². The standard InChI is InChI=1S/C14H27NO/c16-12-11-15(13-7-3-1-4-8-13)14-9-5-2-6-10-14/h13-14,16H,1-12H2.